The number of hydrogen-bond acceptors (Lipinski definition) is 4. The summed E-state index contributed by atoms with van der Waals surface area (Å²) in [5.41, 5.74) is 18.8. The monoisotopic (exact) mass is 239 g/mol. The average molecular weight is 239 g/mol. The number of aromatic nitrogens is 3. The van der Waals surface area contributed by atoms with Gasteiger partial charge in [0, 0.05) is 0 Å². The number of primary amides is 4. The third-order valence-corrected chi connectivity index (χ3v) is 1.22. The fourth-order valence-electron chi connectivity index (χ4n) is 0.786. The van der Waals surface area contributed by atoms with E-state index in [0.717, 1.165) is 11.0 Å². The molecule has 0 spiro atoms. The van der Waals surface area contributed by atoms with E-state index in [1.165, 1.54) is 0 Å². The molecule has 4 amide bonds. The largest absolute Gasteiger partial charge is 0.352 e. The smallest absolute Gasteiger partial charge is 0.309 e. The van der Waals surface area contributed by atoms with E-state index >= 15 is 0 Å². The zero-order chi connectivity index (χ0) is 13.3. The van der Waals surface area contributed by atoms with Gasteiger partial charge in [-0.3, -0.25) is 0 Å². The van der Waals surface area contributed by atoms with Gasteiger partial charge in [0.1, 0.15) is 11.0 Å². The lowest BCUT2D eigenvalue weighted by Crippen LogP contribution is -2.18. The molecule has 2 aromatic rings. The molecule has 17 heavy (non-hydrogen) atoms. The van der Waals surface area contributed by atoms with Crippen LogP contribution < -0.4 is 22.9 Å². The first-order valence-corrected chi connectivity index (χ1v) is 4.28. The highest BCUT2D eigenvalue weighted by Gasteiger charge is 1.90. The SMILES string of the molecule is NC(N)=O.NC(N)=O.c1ccc2n[nH]nc2c1. The van der Waals surface area contributed by atoms with E-state index in [-0.39, 0.29) is 0 Å². The van der Waals surface area contributed by atoms with Crippen LogP contribution in [-0.2, 0) is 0 Å². The van der Waals surface area contributed by atoms with Crippen LogP contribution in [0.2, 0.25) is 0 Å². The quantitative estimate of drug-likeness (QED) is 0.396. The fourth-order valence-corrected chi connectivity index (χ4v) is 0.786. The normalized spacial score (nSPS) is 8.24. The van der Waals surface area contributed by atoms with Gasteiger partial charge in [-0.15, -0.1) is 0 Å². The summed E-state index contributed by atoms with van der Waals surface area (Å²) < 4.78 is 0. The summed E-state index contributed by atoms with van der Waals surface area (Å²) in [6.07, 6.45) is 0. The zero-order valence-corrected chi connectivity index (χ0v) is 8.83. The van der Waals surface area contributed by atoms with Gasteiger partial charge in [-0.05, 0) is 12.1 Å². The third-order valence-electron chi connectivity index (χ3n) is 1.22. The van der Waals surface area contributed by atoms with Crippen molar-refractivity contribution in [1.82, 2.24) is 15.4 Å². The third kappa shape index (κ3) is 8.17. The number of rotatable bonds is 0. The van der Waals surface area contributed by atoms with Crippen molar-refractivity contribution in [3.63, 3.8) is 0 Å². The maximum Gasteiger partial charge on any atom is 0.309 e. The van der Waals surface area contributed by atoms with Crippen LogP contribution in [0.15, 0.2) is 24.3 Å². The number of carbonyl (C=O) groups is 2. The molecule has 0 aliphatic heterocycles. The van der Waals surface area contributed by atoms with Crippen LogP contribution in [0.5, 0.6) is 0 Å². The van der Waals surface area contributed by atoms with Gasteiger partial charge >= 0.3 is 12.1 Å². The summed E-state index contributed by atoms with van der Waals surface area (Å²) in [6, 6.07) is 6.04. The Morgan fingerprint density at radius 3 is 1.47 bits per heavy atom. The van der Waals surface area contributed by atoms with Gasteiger partial charge < -0.3 is 22.9 Å². The van der Waals surface area contributed by atoms with Gasteiger partial charge in [0.25, 0.3) is 0 Å². The number of H-pyrrole nitrogens is 1. The molecule has 0 saturated heterocycles. The highest BCUT2D eigenvalue weighted by molar-refractivity contribution is 5.72. The number of nitrogens with zero attached hydrogens (tertiary/aromatic N) is 2. The van der Waals surface area contributed by atoms with Gasteiger partial charge in [-0.1, -0.05) is 12.1 Å². The number of amides is 4. The van der Waals surface area contributed by atoms with Crippen LogP contribution in [0.4, 0.5) is 9.59 Å². The lowest BCUT2D eigenvalue weighted by molar-refractivity contribution is 0.255. The minimum atomic E-state index is -0.833. The molecule has 9 N–H and O–H groups in total. The second kappa shape index (κ2) is 7.45. The molecular formula is C8H13N7O2. The molecule has 0 fully saturated rings. The number of nitrogens with one attached hydrogen (secondary N) is 1. The summed E-state index contributed by atoms with van der Waals surface area (Å²) >= 11 is 0. The molecule has 1 aromatic carbocycles. The zero-order valence-electron chi connectivity index (χ0n) is 8.83. The molecule has 0 radical (unpaired) electrons. The summed E-state index contributed by atoms with van der Waals surface area (Å²) in [7, 11) is 0. The van der Waals surface area contributed by atoms with Crippen molar-refractivity contribution in [3.05, 3.63) is 24.3 Å². The van der Waals surface area contributed by atoms with Crippen LogP contribution in [0.1, 0.15) is 0 Å². The highest BCUT2D eigenvalue weighted by Crippen LogP contribution is 2.03. The Kier molecular flexibility index (Phi) is 6.21. The number of urea groups is 2. The Hall–Kier alpha value is -2.84. The van der Waals surface area contributed by atoms with E-state index in [4.69, 9.17) is 9.59 Å². The maximum atomic E-state index is 9.00. The second-order valence-electron chi connectivity index (χ2n) is 2.62. The molecule has 0 unspecified atom stereocenters. The first kappa shape index (κ1) is 14.2. The summed E-state index contributed by atoms with van der Waals surface area (Å²) in [4.78, 5) is 18.0. The van der Waals surface area contributed by atoms with Crippen LogP contribution >= 0.6 is 0 Å². The molecular weight excluding hydrogens is 226 g/mol. The second-order valence-corrected chi connectivity index (χ2v) is 2.62. The number of nitrogens with two attached hydrogens (primary N) is 4. The van der Waals surface area contributed by atoms with Gasteiger partial charge in [-0.25, -0.2) is 9.59 Å². The topological polar surface area (TPSA) is 180 Å². The van der Waals surface area contributed by atoms with E-state index in [2.05, 4.69) is 38.3 Å². The lowest BCUT2D eigenvalue weighted by atomic mass is 10.3. The van der Waals surface area contributed by atoms with E-state index in [1.54, 1.807) is 0 Å². The summed E-state index contributed by atoms with van der Waals surface area (Å²) in [5, 5.41) is 10.3. The van der Waals surface area contributed by atoms with Crippen molar-refractivity contribution < 1.29 is 9.59 Å². The molecule has 0 saturated carbocycles. The molecule has 1 aromatic heterocycles. The van der Waals surface area contributed by atoms with Crippen molar-refractivity contribution in [2.75, 3.05) is 0 Å². The minimum absolute atomic E-state index is 0.833. The van der Waals surface area contributed by atoms with E-state index in [0.29, 0.717) is 0 Å². The number of benzene rings is 1. The predicted molar refractivity (Wildman–Crippen MR) is 61.4 cm³/mol. The van der Waals surface area contributed by atoms with Crippen molar-refractivity contribution in [1.29, 1.82) is 0 Å². The van der Waals surface area contributed by atoms with E-state index in [9.17, 15) is 0 Å². The number of fused-ring (bicyclic) bond motifs is 1. The molecule has 2 rings (SSSR count). The summed E-state index contributed by atoms with van der Waals surface area (Å²) in [6.45, 7) is 0. The Labute approximate surface area is 96.1 Å². The van der Waals surface area contributed by atoms with Crippen LogP contribution in [0.3, 0.4) is 0 Å². The highest BCUT2D eigenvalue weighted by atomic mass is 16.2. The van der Waals surface area contributed by atoms with Gasteiger partial charge in [0.15, 0.2) is 0 Å². The lowest BCUT2D eigenvalue weighted by Gasteiger charge is -1.78. The number of para-hydroxylation sites is 2. The molecule has 9 heteroatoms. The first-order chi connectivity index (χ1) is 7.93. The number of hydrogen-bond donors (Lipinski definition) is 5. The van der Waals surface area contributed by atoms with Crippen molar-refractivity contribution in [2.24, 2.45) is 22.9 Å². The fraction of sp³-hybridized carbons (Fsp3) is 0. The Balaban J connectivity index is 0.000000274. The molecule has 0 aliphatic carbocycles. The first-order valence-electron chi connectivity index (χ1n) is 4.28. The Morgan fingerprint density at radius 1 is 0.882 bits per heavy atom. The van der Waals surface area contributed by atoms with E-state index < -0.39 is 12.1 Å². The molecule has 0 atom stereocenters. The Bertz CT molecular complexity index is 431. The summed E-state index contributed by atoms with van der Waals surface area (Å²) in [5.74, 6) is 0. The molecule has 0 bridgehead atoms. The maximum absolute atomic E-state index is 9.00. The van der Waals surface area contributed by atoms with Crippen molar-refractivity contribution in [2.45, 2.75) is 0 Å². The molecule has 0 aliphatic rings. The van der Waals surface area contributed by atoms with Gasteiger partial charge in [0.05, 0.1) is 0 Å². The van der Waals surface area contributed by atoms with Crippen molar-refractivity contribution in [3.8, 4) is 0 Å². The van der Waals surface area contributed by atoms with Crippen LogP contribution in [0, 0.1) is 0 Å². The molecule has 1 heterocycles. The van der Waals surface area contributed by atoms with E-state index in [1.807, 2.05) is 24.3 Å². The van der Waals surface area contributed by atoms with Crippen molar-refractivity contribution >= 4 is 23.1 Å². The Morgan fingerprint density at radius 2 is 1.18 bits per heavy atom. The van der Waals surface area contributed by atoms with Gasteiger partial charge in [-0.2, -0.15) is 15.4 Å². The minimum Gasteiger partial charge on any atom is -0.352 e. The molecule has 92 valence electrons. The standard InChI is InChI=1S/C6H5N3.2CH4N2O/c1-2-4-6-5(3-1)7-9-8-6;2*2-1(3)4/h1-4H,(H,7,8,9);2*(H4,2,3,4). The van der Waals surface area contributed by atoms with Crippen LogP contribution in [0.25, 0.3) is 11.0 Å². The number of aromatic amines is 1. The number of carbonyl (C=O) groups excluding carboxylic acids is 2. The predicted octanol–water partition coefficient (Wildman–Crippen LogP) is -0.995. The van der Waals surface area contributed by atoms with Crippen LogP contribution in [-0.4, -0.2) is 27.5 Å². The van der Waals surface area contributed by atoms with Gasteiger partial charge in [0.2, 0.25) is 0 Å². The average Bonchev–Trinajstić information content (AvgIpc) is 2.62. The molecule has 9 nitrogen and oxygen atoms in total.